The molecule has 2 aromatic rings. The second kappa shape index (κ2) is 7.53. The molecule has 0 spiro atoms. The Morgan fingerprint density at radius 2 is 2.12 bits per heavy atom. The lowest BCUT2D eigenvalue weighted by molar-refractivity contribution is 0.321. The minimum Gasteiger partial charge on any atom is -0.491 e. The fraction of sp³-hybridized carbons (Fsp3) is 0.471. The first-order valence-electron chi connectivity index (χ1n) is 8.47. The number of nitrogens with one attached hydrogen (secondary N) is 1. The molecule has 0 aliphatic heterocycles. The highest BCUT2D eigenvalue weighted by molar-refractivity contribution is 7.89. The van der Waals surface area contributed by atoms with Gasteiger partial charge in [0.05, 0.1) is 24.2 Å². The average molecular weight is 367 g/mol. The second-order valence-corrected chi connectivity index (χ2v) is 7.74. The number of benzene rings is 1. The molecule has 1 N–H and O–H groups in total. The number of sulfonamides is 1. The van der Waals surface area contributed by atoms with E-state index in [1.807, 2.05) is 10.9 Å². The molecule has 1 aromatic heterocycles. The van der Waals surface area contributed by atoms with Crippen LogP contribution < -0.4 is 9.46 Å². The number of fused-ring (bicyclic) bond motifs is 1. The normalized spacial score (nSPS) is 14.3. The van der Waals surface area contributed by atoms with E-state index in [0.717, 1.165) is 25.3 Å². The van der Waals surface area contributed by atoms with Crippen molar-refractivity contribution in [3.8, 4) is 5.75 Å². The zero-order valence-electron chi connectivity index (χ0n) is 14.2. The highest BCUT2D eigenvalue weighted by Gasteiger charge is 2.18. The topological polar surface area (TPSA) is 73.2 Å². The van der Waals surface area contributed by atoms with Crippen molar-refractivity contribution in [2.45, 2.75) is 44.0 Å². The third kappa shape index (κ3) is 4.01. The van der Waals surface area contributed by atoms with Gasteiger partial charge in [0.2, 0.25) is 10.0 Å². The fourth-order valence-electron chi connectivity index (χ4n) is 3.04. The van der Waals surface area contributed by atoms with Gasteiger partial charge >= 0.3 is 0 Å². The lowest BCUT2D eigenvalue weighted by atomic mass is 9.98. The maximum atomic E-state index is 13.9. The summed E-state index contributed by atoms with van der Waals surface area (Å²) in [5.41, 5.74) is 2.44. The largest absolute Gasteiger partial charge is 0.491 e. The Bertz CT molecular complexity index is 849. The van der Waals surface area contributed by atoms with Crippen molar-refractivity contribution < 1.29 is 17.5 Å². The van der Waals surface area contributed by atoms with Crippen molar-refractivity contribution in [3.63, 3.8) is 0 Å². The van der Waals surface area contributed by atoms with Crippen LogP contribution in [0.3, 0.4) is 0 Å². The van der Waals surface area contributed by atoms with Gasteiger partial charge in [0.25, 0.3) is 0 Å². The van der Waals surface area contributed by atoms with E-state index in [1.165, 1.54) is 29.8 Å². The van der Waals surface area contributed by atoms with E-state index in [2.05, 4.69) is 9.82 Å². The summed E-state index contributed by atoms with van der Waals surface area (Å²) in [6.07, 6.45) is 6.19. The zero-order chi connectivity index (χ0) is 17.9. The third-order valence-corrected chi connectivity index (χ3v) is 5.73. The van der Waals surface area contributed by atoms with Crippen LogP contribution in [-0.2, 0) is 29.4 Å². The van der Waals surface area contributed by atoms with Crippen molar-refractivity contribution in [3.05, 3.63) is 41.5 Å². The van der Waals surface area contributed by atoms with Crippen LogP contribution >= 0.6 is 0 Å². The molecule has 1 aliphatic carbocycles. The molecule has 1 aliphatic rings. The van der Waals surface area contributed by atoms with Crippen LogP contribution in [-0.4, -0.2) is 31.3 Å². The Hall–Kier alpha value is -1.93. The van der Waals surface area contributed by atoms with Crippen molar-refractivity contribution >= 4 is 10.0 Å². The molecule has 1 aromatic carbocycles. The van der Waals surface area contributed by atoms with Crippen molar-refractivity contribution in [1.29, 1.82) is 0 Å². The van der Waals surface area contributed by atoms with E-state index in [1.54, 1.807) is 6.92 Å². The molecule has 136 valence electrons. The van der Waals surface area contributed by atoms with Crippen LogP contribution in [0.15, 0.2) is 29.3 Å². The van der Waals surface area contributed by atoms with Crippen LogP contribution in [0.5, 0.6) is 5.75 Å². The minimum absolute atomic E-state index is 0.0459. The second-order valence-electron chi connectivity index (χ2n) is 5.97. The minimum atomic E-state index is -3.78. The number of hydrogen-bond acceptors (Lipinski definition) is 4. The molecule has 0 saturated heterocycles. The zero-order valence-corrected chi connectivity index (χ0v) is 15.0. The van der Waals surface area contributed by atoms with Gasteiger partial charge in [-0.1, -0.05) is 0 Å². The van der Waals surface area contributed by atoms with Gasteiger partial charge in [-0.3, -0.25) is 4.68 Å². The number of rotatable bonds is 7. The first-order valence-corrected chi connectivity index (χ1v) is 9.95. The number of halogens is 1. The van der Waals surface area contributed by atoms with Gasteiger partial charge in [-0.2, -0.15) is 5.10 Å². The van der Waals surface area contributed by atoms with Crippen LogP contribution in [0, 0.1) is 5.82 Å². The van der Waals surface area contributed by atoms with Gasteiger partial charge in [-0.25, -0.2) is 17.5 Å². The summed E-state index contributed by atoms with van der Waals surface area (Å²) >= 11 is 0. The Balaban J connectivity index is 1.64. The lowest BCUT2D eigenvalue weighted by Crippen LogP contribution is -2.28. The SMILES string of the molecule is CCOc1ccc(S(=O)(=O)NCCn2ncc3c2CCCC3)cc1F. The van der Waals surface area contributed by atoms with E-state index >= 15 is 0 Å². The Labute approximate surface area is 147 Å². The molecule has 0 unspecified atom stereocenters. The van der Waals surface area contributed by atoms with E-state index in [0.29, 0.717) is 13.2 Å². The van der Waals surface area contributed by atoms with Crippen LogP contribution in [0.4, 0.5) is 4.39 Å². The van der Waals surface area contributed by atoms with E-state index in [9.17, 15) is 12.8 Å². The van der Waals surface area contributed by atoms with Crippen LogP contribution in [0.25, 0.3) is 0 Å². The average Bonchev–Trinajstić information content (AvgIpc) is 3.00. The van der Waals surface area contributed by atoms with Gasteiger partial charge in [0, 0.05) is 12.2 Å². The molecular formula is C17H22FN3O3S. The molecule has 0 bridgehead atoms. The molecular weight excluding hydrogens is 345 g/mol. The van der Waals surface area contributed by atoms with Gasteiger partial charge in [0.15, 0.2) is 11.6 Å². The molecule has 1 heterocycles. The van der Waals surface area contributed by atoms with Crippen molar-refractivity contribution in [2.24, 2.45) is 0 Å². The summed E-state index contributed by atoms with van der Waals surface area (Å²) in [6.45, 7) is 2.70. The first-order chi connectivity index (χ1) is 12.0. The maximum Gasteiger partial charge on any atom is 0.240 e. The van der Waals surface area contributed by atoms with Gasteiger partial charge < -0.3 is 4.74 Å². The smallest absolute Gasteiger partial charge is 0.240 e. The summed E-state index contributed by atoms with van der Waals surface area (Å²) < 4.78 is 48.0. The quantitative estimate of drug-likeness (QED) is 0.815. The predicted octanol–water partition coefficient (Wildman–Crippen LogP) is 2.28. The molecule has 25 heavy (non-hydrogen) atoms. The Kier molecular flexibility index (Phi) is 5.39. The molecule has 3 rings (SSSR count). The fourth-order valence-corrected chi connectivity index (χ4v) is 4.07. The maximum absolute atomic E-state index is 13.9. The summed E-state index contributed by atoms with van der Waals surface area (Å²) in [4.78, 5) is -0.115. The molecule has 0 saturated carbocycles. The highest BCUT2D eigenvalue weighted by Crippen LogP contribution is 2.22. The molecule has 8 heteroatoms. The van der Waals surface area contributed by atoms with Crippen LogP contribution in [0.2, 0.25) is 0 Å². The van der Waals surface area contributed by atoms with Crippen molar-refractivity contribution in [1.82, 2.24) is 14.5 Å². The molecule has 0 atom stereocenters. The molecule has 6 nitrogen and oxygen atoms in total. The monoisotopic (exact) mass is 367 g/mol. The summed E-state index contributed by atoms with van der Waals surface area (Å²) in [7, 11) is -3.78. The summed E-state index contributed by atoms with van der Waals surface area (Å²) in [5.74, 6) is -0.643. The van der Waals surface area contributed by atoms with E-state index < -0.39 is 15.8 Å². The summed E-state index contributed by atoms with van der Waals surface area (Å²) in [6, 6.07) is 3.65. The third-order valence-electron chi connectivity index (χ3n) is 4.27. The molecule has 0 fully saturated rings. The number of aromatic nitrogens is 2. The molecule has 0 amide bonds. The predicted molar refractivity (Wildman–Crippen MR) is 91.6 cm³/mol. The number of hydrogen-bond donors (Lipinski definition) is 1. The standard InChI is InChI=1S/C17H22FN3O3S/c1-2-24-17-8-7-14(11-15(17)18)25(22,23)20-9-10-21-16-6-4-3-5-13(16)12-19-21/h7-8,11-12,20H,2-6,9-10H2,1H3. The van der Waals surface area contributed by atoms with Gasteiger partial charge in [-0.15, -0.1) is 0 Å². The van der Waals surface area contributed by atoms with Gasteiger partial charge in [0.1, 0.15) is 0 Å². The number of nitrogens with zero attached hydrogens (tertiary/aromatic N) is 2. The number of aryl methyl sites for hydroxylation is 1. The lowest BCUT2D eigenvalue weighted by Gasteiger charge is -2.14. The van der Waals surface area contributed by atoms with E-state index in [4.69, 9.17) is 4.74 Å². The van der Waals surface area contributed by atoms with Crippen molar-refractivity contribution in [2.75, 3.05) is 13.2 Å². The highest BCUT2D eigenvalue weighted by atomic mass is 32.2. The summed E-state index contributed by atoms with van der Waals surface area (Å²) in [5, 5.41) is 4.34. The first kappa shape index (κ1) is 17.9. The van der Waals surface area contributed by atoms with Gasteiger partial charge in [-0.05, 0) is 56.4 Å². The number of ether oxygens (including phenoxy) is 1. The van der Waals surface area contributed by atoms with E-state index in [-0.39, 0.29) is 17.2 Å². The Morgan fingerprint density at radius 1 is 1.32 bits per heavy atom. The Morgan fingerprint density at radius 3 is 2.88 bits per heavy atom. The molecule has 0 radical (unpaired) electrons. The van der Waals surface area contributed by atoms with Crippen LogP contribution in [0.1, 0.15) is 31.0 Å².